The van der Waals surface area contributed by atoms with Crippen LogP contribution in [0.15, 0.2) is 0 Å². The predicted molar refractivity (Wildman–Crippen MR) is 73.1 cm³/mol. The lowest BCUT2D eigenvalue weighted by molar-refractivity contribution is -0.157. The highest BCUT2D eigenvalue weighted by Crippen LogP contribution is 2.45. The Bertz CT molecular complexity index is 375. The van der Waals surface area contributed by atoms with Gasteiger partial charge in [0, 0.05) is 5.75 Å². The quantitative estimate of drug-likeness (QED) is 0.528. The van der Waals surface area contributed by atoms with E-state index in [0.717, 1.165) is 24.6 Å². The first-order valence-corrected chi connectivity index (χ1v) is 7.48. The van der Waals surface area contributed by atoms with Crippen molar-refractivity contribution in [3.8, 4) is 0 Å². The minimum Gasteiger partial charge on any atom is -0.463 e. The van der Waals surface area contributed by atoms with Crippen molar-refractivity contribution < 1.29 is 28.6 Å². The van der Waals surface area contributed by atoms with Gasteiger partial charge in [0.25, 0.3) is 0 Å². The molecule has 0 aromatic carbocycles. The summed E-state index contributed by atoms with van der Waals surface area (Å²) >= 11 is 0.853. The average Bonchev–Trinajstić information content (AvgIpc) is 3.07. The lowest BCUT2D eigenvalue weighted by Crippen LogP contribution is -2.18. The molecule has 0 aromatic heterocycles. The average molecular weight is 304 g/mol. The maximum atomic E-state index is 11.4. The molecule has 0 aromatic rings. The molecule has 0 aliphatic heterocycles. The van der Waals surface area contributed by atoms with Crippen LogP contribution in [0.25, 0.3) is 0 Å². The molecule has 1 aliphatic rings. The normalized spacial score (nSPS) is 15.6. The van der Waals surface area contributed by atoms with Crippen LogP contribution >= 0.6 is 11.8 Å². The second-order valence-corrected chi connectivity index (χ2v) is 6.17. The SMILES string of the molecule is CC(C)OC(=O)CCSC(=O)OCOC(=O)C1(C)CC1. The van der Waals surface area contributed by atoms with Crippen molar-refractivity contribution in [3.63, 3.8) is 0 Å². The van der Waals surface area contributed by atoms with E-state index in [1.54, 1.807) is 13.8 Å². The zero-order valence-corrected chi connectivity index (χ0v) is 12.8. The van der Waals surface area contributed by atoms with Crippen LogP contribution in [0.3, 0.4) is 0 Å². The molecule has 0 atom stereocenters. The van der Waals surface area contributed by atoms with Gasteiger partial charge < -0.3 is 14.2 Å². The molecule has 1 aliphatic carbocycles. The van der Waals surface area contributed by atoms with Gasteiger partial charge >= 0.3 is 17.2 Å². The molecule has 0 bridgehead atoms. The first-order valence-electron chi connectivity index (χ1n) is 6.50. The van der Waals surface area contributed by atoms with Gasteiger partial charge in [0.05, 0.1) is 17.9 Å². The summed E-state index contributed by atoms with van der Waals surface area (Å²) in [7, 11) is 0. The summed E-state index contributed by atoms with van der Waals surface area (Å²) in [6.07, 6.45) is 1.59. The van der Waals surface area contributed by atoms with Crippen LogP contribution in [0, 0.1) is 5.41 Å². The molecule has 6 nitrogen and oxygen atoms in total. The molecule has 1 saturated carbocycles. The highest BCUT2D eigenvalue weighted by Gasteiger charge is 2.46. The van der Waals surface area contributed by atoms with Crippen LogP contribution in [-0.2, 0) is 23.8 Å². The third-order valence-electron chi connectivity index (χ3n) is 2.75. The molecule has 0 unspecified atom stereocenters. The molecule has 1 fully saturated rings. The van der Waals surface area contributed by atoms with Crippen molar-refractivity contribution in [2.45, 2.75) is 46.1 Å². The zero-order chi connectivity index (χ0) is 15.2. The van der Waals surface area contributed by atoms with Crippen LogP contribution in [0.4, 0.5) is 4.79 Å². The molecule has 0 spiro atoms. The van der Waals surface area contributed by atoms with E-state index in [1.165, 1.54) is 0 Å². The highest BCUT2D eigenvalue weighted by atomic mass is 32.2. The van der Waals surface area contributed by atoms with Crippen LogP contribution < -0.4 is 0 Å². The van der Waals surface area contributed by atoms with Gasteiger partial charge in [0.15, 0.2) is 0 Å². The number of thioether (sulfide) groups is 1. The number of hydrogen-bond donors (Lipinski definition) is 0. The molecule has 0 amide bonds. The van der Waals surface area contributed by atoms with Crippen molar-refractivity contribution in [3.05, 3.63) is 0 Å². The van der Waals surface area contributed by atoms with Crippen LogP contribution in [0.2, 0.25) is 0 Å². The Morgan fingerprint density at radius 1 is 1.20 bits per heavy atom. The van der Waals surface area contributed by atoms with Gasteiger partial charge in [0.1, 0.15) is 0 Å². The smallest absolute Gasteiger partial charge is 0.370 e. The number of hydrogen-bond acceptors (Lipinski definition) is 7. The van der Waals surface area contributed by atoms with Crippen molar-refractivity contribution in [2.75, 3.05) is 12.5 Å². The maximum absolute atomic E-state index is 11.4. The number of esters is 2. The Morgan fingerprint density at radius 3 is 2.40 bits per heavy atom. The van der Waals surface area contributed by atoms with Crippen molar-refractivity contribution >= 4 is 29.0 Å². The lowest BCUT2D eigenvalue weighted by atomic mass is 10.1. The molecule has 0 saturated heterocycles. The first-order chi connectivity index (χ1) is 9.33. The molecule has 0 heterocycles. The Kier molecular flexibility index (Phi) is 6.32. The van der Waals surface area contributed by atoms with Gasteiger partial charge in [0.2, 0.25) is 6.79 Å². The van der Waals surface area contributed by atoms with Gasteiger partial charge in [-0.15, -0.1) is 0 Å². The molecular weight excluding hydrogens is 284 g/mol. The number of ether oxygens (including phenoxy) is 3. The summed E-state index contributed by atoms with van der Waals surface area (Å²) in [5.74, 6) is -0.417. The summed E-state index contributed by atoms with van der Waals surface area (Å²) in [5.41, 5.74) is -0.389. The fourth-order valence-corrected chi connectivity index (χ4v) is 1.84. The van der Waals surface area contributed by atoms with Crippen molar-refractivity contribution in [2.24, 2.45) is 5.41 Å². The number of rotatable bonds is 7. The second kappa shape index (κ2) is 7.52. The standard InChI is InChI=1S/C13H20O6S/c1-9(2)19-10(14)4-7-20-12(16)18-8-17-11(15)13(3)5-6-13/h9H,4-8H2,1-3H3. The topological polar surface area (TPSA) is 78.9 Å². The molecule has 1 rings (SSSR count). The largest absolute Gasteiger partial charge is 0.463 e. The van der Waals surface area contributed by atoms with E-state index >= 15 is 0 Å². The predicted octanol–water partition coefficient (Wildman–Crippen LogP) is 2.50. The lowest BCUT2D eigenvalue weighted by Gasteiger charge is -2.09. The molecule has 0 radical (unpaired) electrons. The van der Waals surface area contributed by atoms with E-state index in [1.807, 2.05) is 6.92 Å². The second-order valence-electron chi connectivity index (χ2n) is 5.14. The summed E-state index contributed by atoms with van der Waals surface area (Å²) in [6, 6.07) is 0. The van der Waals surface area contributed by atoms with Gasteiger partial charge in [-0.05, 0) is 45.4 Å². The fraction of sp³-hybridized carbons (Fsp3) is 0.769. The van der Waals surface area contributed by atoms with E-state index in [-0.39, 0.29) is 42.4 Å². The summed E-state index contributed by atoms with van der Waals surface area (Å²) < 4.78 is 14.5. The van der Waals surface area contributed by atoms with E-state index in [0.29, 0.717) is 0 Å². The molecule has 0 N–H and O–H groups in total. The van der Waals surface area contributed by atoms with Crippen molar-refractivity contribution in [1.82, 2.24) is 0 Å². The van der Waals surface area contributed by atoms with Crippen molar-refractivity contribution in [1.29, 1.82) is 0 Å². The minimum atomic E-state index is -0.573. The Morgan fingerprint density at radius 2 is 1.85 bits per heavy atom. The summed E-state index contributed by atoms with van der Waals surface area (Å²) in [5, 5.41) is -0.573. The molecule has 114 valence electrons. The van der Waals surface area contributed by atoms with E-state index in [9.17, 15) is 14.4 Å². The molecule has 20 heavy (non-hydrogen) atoms. The monoisotopic (exact) mass is 304 g/mol. The Balaban J connectivity index is 2.03. The van der Waals surface area contributed by atoms with Crippen LogP contribution in [0.1, 0.15) is 40.0 Å². The molecular formula is C13H20O6S. The summed E-state index contributed by atoms with van der Waals surface area (Å²) in [4.78, 5) is 33.9. The van der Waals surface area contributed by atoms with E-state index in [4.69, 9.17) is 14.2 Å². The summed E-state index contributed by atoms with van der Waals surface area (Å²) in [6.45, 7) is 4.95. The number of carbonyl (C=O) groups excluding carboxylic acids is 3. The number of carbonyl (C=O) groups is 3. The third kappa shape index (κ3) is 6.27. The zero-order valence-electron chi connectivity index (χ0n) is 12.0. The van der Waals surface area contributed by atoms with Gasteiger partial charge in [-0.1, -0.05) is 0 Å². The van der Waals surface area contributed by atoms with Crippen LogP contribution in [0.5, 0.6) is 0 Å². The van der Waals surface area contributed by atoms with Gasteiger partial charge in [-0.25, -0.2) is 4.79 Å². The van der Waals surface area contributed by atoms with E-state index < -0.39 is 5.30 Å². The maximum Gasteiger partial charge on any atom is 0.370 e. The van der Waals surface area contributed by atoms with Crippen LogP contribution in [-0.4, -0.2) is 35.9 Å². The first kappa shape index (κ1) is 16.8. The minimum absolute atomic E-state index is 0.135. The van der Waals surface area contributed by atoms with E-state index in [2.05, 4.69) is 0 Å². The Labute approximate surface area is 122 Å². The fourth-order valence-electron chi connectivity index (χ4n) is 1.28. The van der Waals surface area contributed by atoms with Gasteiger partial charge in [-0.2, -0.15) is 0 Å². The Hall–Kier alpha value is -1.24. The third-order valence-corrected chi connectivity index (χ3v) is 3.51. The van der Waals surface area contributed by atoms with Gasteiger partial charge in [-0.3, -0.25) is 9.59 Å². The highest BCUT2D eigenvalue weighted by molar-refractivity contribution is 8.13. The molecule has 7 heteroatoms.